The molecule has 7 rings (SSSR count). The third-order valence-corrected chi connectivity index (χ3v) is 8.18. The summed E-state index contributed by atoms with van der Waals surface area (Å²) in [5.74, 6) is 0.295. The van der Waals surface area contributed by atoms with Crippen LogP contribution in [0.5, 0.6) is 5.75 Å². The van der Waals surface area contributed by atoms with Crippen LogP contribution in [0.2, 0.25) is 0 Å². The van der Waals surface area contributed by atoms with Gasteiger partial charge in [0.05, 0.1) is 0 Å². The molecule has 7 aromatic rings. The zero-order chi connectivity index (χ0) is 28.5. The lowest BCUT2D eigenvalue weighted by molar-refractivity contribution is 0.479. The number of allylic oxidation sites excluding steroid dienone is 3. The molecule has 0 amide bonds. The molecule has 7 aromatic carbocycles. The van der Waals surface area contributed by atoms with Gasteiger partial charge in [0, 0.05) is 11.1 Å². The normalized spacial score (nSPS) is 11.5. The second kappa shape index (κ2) is 10.9. The SMILES string of the molecule is C=C/C=C\Cc1ccc(-c2cccc(-c3cccc(-c4ccc5c6ccccc6c6ccccc6c5c4)c3O)c2)cc1. The summed E-state index contributed by atoms with van der Waals surface area (Å²) in [7, 11) is 0. The highest BCUT2D eigenvalue weighted by molar-refractivity contribution is 6.25. The molecular formula is C41H30O. The molecule has 0 atom stereocenters. The van der Waals surface area contributed by atoms with Crippen molar-refractivity contribution in [3.63, 3.8) is 0 Å². The quantitative estimate of drug-likeness (QED) is 0.165. The number of fused-ring (bicyclic) bond motifs is 6. The van der Waals surface area contributed by atoms with Crippen LogP contribution in [0.4, 0.5) is 0 Å². The lowest BCUT2D eigenvalue weighted by Crippen LogP contribution is -1.88. The number of aromatic hydroxyl groups is 1. The van der Waals surface area contributed by atoms with Crippen molar-refractivity contribution in [3.8, 4) is 39.1 Å². The van der Waals surface area contributed by atoms with Crippen molar-refractivity contribution in [1.82, 2.24) is 0 Å². The van der Waals surface area contributed by atoms with Crippen molar-refractivity contribution in [2.75, 3.05) is 0 Å². The van der Waals surface area contributed by atoms with E-state index in [9.17, 15) is 5.11 Å². The van der Waals surface area contributed by atoms with Gasteiger partial charge in [-0.3, -0.25) is 0 Å². The maximum absolute atomic E-state index is 11.6. The zero-order valence-electron chi connectivity index (χ0n) is 23.3. The lowest BCUT2D eigenvalue weighted by Gasteiger charge is -2.14. The number of phenolic OH excluding ortho intramolecular Hbond substituents is 1. The fraction of sp³-hybridized carbons (Fsp3) is 0.0244. The monoisotopic (exact) mass is 538 g/mol. The van der Waals surface area contributed by atoms with Gasteiger partial charge in [-0.25, -0.2) is 0 Å². The maximum atomic E-state index is 11.6. The molecule has 0 unspecified atom stereocenters. The second-order valence-electron chi connectivity index (χ2n) is 10.7. The molecule has 0 aliphatic carbocycles. The number of benzene rings is 7. The third-order valence-electron chi connectivity index (χ3n) is 8.18. The number of hydrogen-bond donors (Lipinski definition) is 1. The minimum atomic E-state index is 0.295. The Morgan fingerprint density at radius 3 is 1.64 bits per heavy atom. The molecule has 42 heavy (non-hydrogen) atoms. The molecule has 0 bridgehead atoms. The first kappa shape index (κ1) is 25.6. The van der Waals surface area contributed by atoms with E-state index in [4.69, 9.17) is 0 Å². The Hall–Kier alpha value is -5.40. The van der Waals surface area contributed by atoms with Gasteiger partial charge in [-0.05, 0) is 78.7 Å². The summed E-state index contributed by atoms with van der Waals surface area (Å²) in [5.41, 5.74) is 7.17. The number of rotatable bonds is 6. The van der Waals surface area contributed by atoms with Crippen molar-refractivity contribution in [3.05, 3.63) is 164 Å². The van der Waals surface area contributed by atoms with Crippen LogP contribution in [-0.4, -0.2) is 5.11 Å². The smallest absolute Gasteiger partial charge is 0.131 e. The average molecular weight is 539 g/mol. The van der Waals surface area contributed by atoms with Gasteiger partial charge < -0.3 is 5.11 Å². The van der Waals surface area contributed by atoms with Crippen LogP contribution in [-0.2, 0) is 6.42 Å². The molecule has 1 heteroatoms. The molecule has 0 aliphatic rings. The van der Waals surface area contributed by atoms with E-state index in [2.05, 4.69) is 128 Å². The standard InChI is InChI=1S/C41H30O/c1-2-3-4-11-28-20-22-29(23-21-28)30-12-9-13-31(26-30)33-18-10-19-34(41(33)42)32-24-25-39-37-16-6-5-14-35(37)36-15-7-8-17-38(36)40(39)27-32/h2-10,12-27,42H,1,11H2/b4-3-. The van der Waals surface area contributed by atoms with E-state index in [0.29, 0.717) is 5.75 Å². The lowest BCUT2D eigenvalue weighted by atomic mass is 9.90. The molecule has 0 radical (unpaired) electrons. The van der Waals surface area contributed by atoms with Gasteiger partial charge in [0.25, 0.3) is 0 Å². The van der Waals surface area contributed by atoms with E-state index in [-0.39, 0.29) is 0 Å². The Bertz CT molecular complexity index is 2100. The van der Waals surface area contributed by atoms with E-state index >= 15 is 0 Å². The molecule has 200 valence electrons. The van der Waals surface area contributed by atoms with Gasteiger partial charge in [0.2, 0.25) is 0 Å². The molecule has 1 nitrogen and oxygen atoms in total. The van der Waals surface area contributed by atoms with Gasteiger partial charge in [-0.15, -0.1) is 0 Å². The molecule has 1 N–H and O–H groups in total. The third kappa shape index (κ3) is 4.56. The summed E-state index contributed by atoms with van der Waals surface area (Å²) >= 11 is 0. The molecule has 0 aromatic heterocycles. The van der Waals surface area contributed by atoms with Crippen LogP contribution in [0.3, 0.4) is 0 Å². The van der Waals surface area contributed by atoms with Crippen molar-refractivity contribution in [2.45, 2.75) is 6.42 Å². The zero-order valence-corrected chi connectivity index (χ0v) is 23.3. The summed E-state index contributed by atoms with van der Waals surface area (Å²) in [5, 5.41) is 19.0. The second-order valence-corrected chi connectivity index (χ2v) is 10.7. The van der Waals surface area contributed by atoms with E-state index in [1.807, 2.05) is 24.3 Å². The largest absolute Gasteiger partial charge is 0.507 e. The Morgan fingerprint density at radius 2 is 1.00 bits per heavy atom. The van der Waals surface area contributed by atoms with Gasteiger partial charge in [0.15, 0.2) is 0 Å². The summed E-state index contributed by atoms with van der Waals surface area (Å²) in [6, 6.07) is 46.8. The van der Waals surface area contributed by atoms with Crippen molar-refractivity contribution in [2.24, 2.45) is 0 Å². The Balaban J connectivity index is 1.30. The molecule has 0 aliphatic heterocycles. The Morgan fingerprint density at radius 1 is 0.476 bits per heavy atom. The van der Waals surface area contributed by atoms with Crippen LogP contribution in [0.1, 0.15) is 5.56 Å². The van der Waals surface area contributed by atoms with E-state index in [0.717, 1.165) is 39.8 Å². The minimum absolute atomic E-state index is 0.295. The van der Waals surface area contributed by atoms with Gasteiger partial charge >= 0.3 is 0 Å². The van der Waals surface area contributed by atoms with Gasteiger partial charge in [-0.2, -0.15) is 0 Å². The Kier molecular flexibility index (Phi) is 6.62. The van der Waals surface area contributed by atoms with Gasteiger partial charge in [0.1, 0.15) is 5.75 Å². The molecule has 0 saturated heterocycles. The fourth-order valence-electron chi connectivity index (χ4n) is 6.08. The predicted octanol–water partition coefficient (Wildman–Crippen LogP) is 11.1. The predicted molar refractivity (Wildman–Crippen MR) is 180 cm³/mol. The van der Waals surface area contributed by atoms with E-state index < -0.39 is 0 Å². The van der Waals surface area contributed by atoms with Crippen molar-refractivity contribution < 1.29 is 5.11 Å². The van der Waals surface area contributed by atoms with E-state index in [1.54, 1.807) is 6.08 Å². The first-order valence-corrected chi connectivity index (χ1v) is 14.3. The fourth-order valence-corrected chi connectivity index (χ4v) is 6.08. The average Bonchev–Trinajstić information content (AvgIpc) is 3.05. The number of phenols is 1. The maximum Gasteiger partial charge on any atom is 0.131 e. The summed E-state index contributed by atoms with van der Waals surface area (Å²) < 4.78 is 0. The molecular weight excluding hydrogens is 508 g/mol. The first-order valence-electron chi connectivity index (χ1n) is 14.3. The highest BCUT2D eigenvalue weighted by Crippen LogP contribution is 2.42. The van der Waals surface area contributed by atoms with Gasteiger partial charge in [-0.1, -0.05) is 146 Å². The van der Waals surface area contributed by atoms with Crippen LogP contribution in [0.15, 0.2) is 158 Å². The van der Waals surface area contributed by atoms with Crippen LogP contribution >= 0.6 is 0 Å². The minimum Gasteiger partial charge on any atom is -0.507 e. The number of hydrogen-bond acceptors (Lipinski definition) is 1. The summed E-state index contributed by atoms with van der Waals surface area (Å²) in [6.07, 6.45) is 6.76. The van der Waals surface area contributed by atoms with Crippen LogP contribution in [0, 0.1) is 0 Å². The van der Waals surface area contributed by atoms with E-state index in [1.165, 1.54) is 37.9 Å². The van der Waals surface area contributed by atoms with Crippen molar-refractivity contribution >= 4 is 32.3 Å². The highest BCUT2D eigenvalue weighted by Gasteiger charge is 2.14. The van der Waals surface area contributed by atoms with Crippen LogP contribution in [0.25, 0.3) is 65.7 Å². The highest BCUT2D eigenvalue weighted by atomic mass is 16.3. The number of para-hydroxylation sites is 1. The summed E-state index contributed by atoms with van der Waals surface area (Å²) in [6.45, 7) is 3.74. The molecule has 0 fully saturated rings. The topological polar surface area (TPSA) is 20.2 Å². The molecule has 0 spiro atoms. The summed E-state index contributed by atoms with van der Waals surface area (Å²) in [4.78, 5) is 0. The molecule has 0 saturated carbocycles. The Labute approximate surface area is 246 Å². The first-order chi connectivity index (χ1) is 20.7. The van der Waals surface area contributed by atoms with Crippen LogP contribution < -0.4 is 0 Å². The molecule has 0 heterocycles. The van der Waals surface area contributed by atoms with Crippen molar-refractivity contribution in [1.29, 1.82) is 0 Å².